The zero-order valence-corrected chi connectivity index (χ0v) is 13.4. The number of halogens is 2. The van der Waals surface area contributed by atoms with E-state index in [1.54, 1.807) is 3.28 Å². The van der Waals surface area contributed by atoms with Gasteiger partial charge in [-0.3, -0.25) is 0 Å². The van der Waals surface area contributed by atoms with Crippen LogP contribution in [0.4, 0.5) is 0 Å². The molecule has 0 aromatic carbocycles. The van der Waals surface area contributed by atoms with Crippen molar-refractivity contribution >= 4 is 12.3 Å². The van der Waals surface area contributed by atoms with Gasteiger partial charge in [0.1, 0.15) is 0 Å². The van der Waals surface area contributed by atoms with Crippen LogP contribution in [-0.2, 0) is 26.0 Å². The van der Waals surface area contributed by atoms with Crippen LogP contribution in [0.2, 0.25) is 13.1 Å². The Balaban J connectivity index is 0. The van der Waals surface area contributed by atoms with E-state index in [0.29, 0.717) is 0 Å². The van der Waals surface area contributed by atoms with Crippen LogP contribution in [0.25, 0.3) is 0 Å². The maximum absolute atomic E-state index is 10.4. The molecule has 0 heterocycles. The SMILES string of the molecule is C[SiH](C)[Zr+2]([NH]C=O)[C]1=CC=CC1.[Cl-].[Cl-]. The van der Waals surface area contributed by atoms with Gasteiger partial charge in [0, 0.05) is 0 Å². The minimum absolute atomic E-state index is 0. The Morgan fingerprint density at radius 2 is 2.14 bits per heavy atom. The average Bonchev–Trinajstić information content (AvgIpc) is 2.51. The summed E-state index contributed by atoms with van der Waals surface area (Å²) < 4.78 is 4.65. The van der Waals surface area contributed by atoms with E-state index in [1.807, 2.05) is 0 Å². The van der Waals surface area contributed by atoms with E-state index >= 15 is 0 Å². The van der Waals surface area contributed by atoms with E-state index in [9.17, 15) is 4.79 Å². The molecule has 0 atom stereocenters. The number of carbonyl (C=O) groups is 1. The molecule has 0 aliphatic heterocycles. The van der Waals surface area contributed by atoms with Gasteiger partial charge in [0.15, 0.2) is 0 Å². The maximum Gasteiger partial charge on any atom is -1.00 e. The van der Waals surface area contributed by atoms with E-state index in [2.05, 4.69) is 34.6 Å². The van der Waals surface area contributed by atoms with Gasteiger partial charge < -0.3 is 24.8 Å². The smallest absolute Gasteiger partial charge is 1.00 e. The fourth-order valence-electron chi connectivity index (χ4n) is 1.34. The van der Waals surface area contributed by atoms with Gasteiger partial charge in [0.05, 0.1) is 0 Å². The van der Waals surface area contributed by atoms with Crippen LogP contribution in [-0.4, -0.2) is 12.3 Å². The van der Waals surface area contributed by atoms with Gasteiger partial charge in [-0.05, 0) is 0 Å². The summed E-state index contributed by atoms with van der Waals surface area (Å²) in [6.45, 7) is 4.68. The van der Waals surface area contributed by atoms with Gasteiger partial charge in [0.2, 0.25) is 0 Å². The minimum atomic E-state index is -1.62. The van der Waals surface area contributed by atoms with Crippen LogP contribution >= 0.6 is 0 Å². The Morgan fingerprint density at radius 3 is 2.50 bits per heavy atom. The van der Waals surface area contributed by atoms with E-state index in [0.717, 1.165) is 12.8 Å². The fourth-order valence-corrected chi connectivity index (χ4v) is 14.3. The second kappa shape index (κ2) is 8.90. The van der Waals surface area contributed by atoms with Crippen molar-refractivity contribution in [3.8, 4) is 0 Å². The molecule has 0 saturated carbocycles. The van der Waals surface area contributed by atoms with Crippen molar-refractivity contribution in [2.24, 2.45) is 0 Å². The number of hydrogen-bond acceptors (Lipinski definition) is 1. The molecule has 14 heavy (non-hydrogen) atoms. The Labute approximate surface area is 107 Å². The summed E-state index contributed by atoms with van der Waals surface area (Å²) in [5, 5.41) is 0. The van der Waals surface area contributed by atoms with Crippen LogP contribution in [0.5, 0.6) is 0 Å². The average molecular weight is 330 g/mol. The summed E-state index contributed by atoms with van der Waals surface area (Å²) in [4.78, 5) is 10.4. The maximum atomic E-state index is 10.4. The largest absolute Gasteiger partial charge is 1.00 e. The van der Waals surface area contributed by atoms with Gasteiger partial charge in [-0.15, -0.1) is 0 Å². The number of amides is 1. The first-order valence-corrected chi connectivity index (χ1v) is 13.8. The predicted octanol–water partition coefficient (Wildman–Crippen LogP) is -4.90. The molecule has 0 unspecified atom stereocenters. The molecule has 0 fully saturated rings. The summed E-state index contributed by atoms with van der Waals surface area (Å²) >= 11 is -1.62. The number of nitrogens with one attached hydrogen (secondary N) is 1. The van der Waals surface area contributed by atoms with Gasteiger partial charge in [-0.2, -0.15) is 0 Å². The molecule has 0 spiro atoms. The topological polar surface area (TPSA) is 29.1 Å². The van der Waals surface area contributed by atoms with Crippen LogP contribution in [0.1, 0.15) is 6.42 Å². The van der Waals surface area contributed by atoms with Gasteiger partial charge in [0.25, 0.3) is 0 Å². The molecule has 1 N–H and O–H groups in total. The van der Waals surface area contributed by atoms with Crippen molar-refractivity contribution in [1.29, 1.82) is 0 Å². The first-order valence-electron chi connectivity index (χ1n) is 4.18. The van der Waals surface area contributed by atoms with Gasteiger partial charge in [-0.25, -0.2) is 0 Å². The van der Waals surface area contributed by atoms with Gasteiger partial charge in [-0.1, -0.05) is 0 Å². The Hall–Kier alpha value is 0.630. The molecule has 1 aliphatic rings. The molecular weight excluding hydrogens is 316 g/mol. The Kier molecular flexibility index (Phi) is 10.8. The summed E-state index contributed by atoms with van der Waals surface area (Å²) in [7, 11) is 0. The van der Waals surface area contributed by atoms with E-state index in [1.165, 1.54) is 0 Å². The molecule has 1 amide bonds. The molecular formula is C8H14Cl2NOSiZr. The van der Waals surface area contributed by atoms with E-state index < -0.39 is 27.1 Å². The molecule has 0 aromatic rings. The van der Waals surface area contributed by atoms with E-state index in [4.69, 9.17) is 0 Å². The molecule has 2 nitrogen and oxygen atoms in total. The Morgan fingerprint density at radius 1 is 1.50 bits per heavy atom. The number of hydrogen-bond donors (Lipinski definition) is 1. The van der Waals surface area contributed by atoms with Crippen LogP contribution < -0.4 is 28.1 Å². The molecule has 0 aromatic heterocycles. The first kappa shape index (κ1) is 17.0. The molecule has 0 bridgehead atoms. The van der Waals surface area contributed by atoms with Crippen molar-refractivity contribution in [3.05, 3.63) is 21.5 Å². The first-order chi connectivity index (χ1) is 5.75. The number of rotatable bonds is 4. The van der Waals surface area contributed by atoms with Crippen molar-refractivity contribution in [3.63, 3.8) is 0 Å². The van der Waals surface area contributed by atoms with E-state index in [-0.39, 0.29) is 24.8 Å². The summed E-state index contributed by atoms with van der Waals surface area (Å²) in [5.41, 5.74) is 0. The quantitative estimate of drug-likeness (QED) is 0.406. The zero-order valence-electron chi connectivity index (χ0n) is 8.26. The van der Waals surface area contributed by atoms with Crippen molar-refractivity contribution in [1.82, 2.24) is 3.26 Å². The summed E-state index contributed by atoms with van der Waals surface area (Å²) in [6, 6.07) is 0. The van der Waals surface area contributed by atoms with Crippen LogP contribution in [0.15, 0.2) is 21.5 Å². The second-order valence-electron chi connectivity index (χ2n) is 3.15. The molecule has 1 aliphatic carbocycles. The van der Waals surface area contributed by atoms with Crippen LogP contribution in [0.3, 0.4) is 0 Å². The molecule has 1 rings (SSSR count). The third-order valence-electron chi connectivity index (χ3n) is 1.91. The molecule has 79 valence electrons. The fraction of sp³-hybridized carbons (Fsp3) is 0.375. The normalized spacial score (nSPS) is 12.6. The molecule has 0 radical (unpaired) electrons. The second-order valence-corrected chi connectivity index (χ2v) is 21.7. The number of carbonyl (C=O) groups excluding carboxylic acids is 1. The molecule has 0 saturated heterocycles. The van der Waals surface area contributed by atoms with Gasteiger partial charge >= 0.3 is 82.6 Å². The monoisotopic (exact) mass is 328 g/mol. The third-order valence-corrected chi connectivity index (χ3v) is 18.4. The number of allylic oxidation sites excluding steroid dienone is 4. The van der Waals surface area contributed by atoms with Crippen molar-refractivity contribution in [2.75, 3.05) is 0 Å². The standard InChI is InChI=1S/C5H5.C2H7Si.CH3NO.2ClH.Zr/c1-2-4-5-3-1;1-3-2;2-1-3;;;/h1-3H,4H2;3H,1-2H3;1H,(H2,2,3);2*1H;/q;;;;;+3/p-3. The zero-order chi connectivity index (χ0) is 8.97. The Bertz CT molecular complexity index is 233. The van der Waals surface area contributed by atoms with Crippen molar-refractivity contribution in [2.45, 2.75) is 19.5 Å². The van der Waals surface area contributed by atoms with Crippen molar-refractivity contribution < 1.29 is 50.8 Å². The summed E-state index contributed by atoms with van der Waals surface area (Å²) in [6.07, 6.45) is 8.50. The predicted molar refractivity (Wildman–Crippen MR) is 49.9 cm³/mol. The van der Waals surface area contributed by atoms with Crippen LogP contribution in [0, 0.1) is 0 Å². The minimum Gasteiger partial charge on any atom is -1.00 e. The molecule has 6 heteroatoms. The third kappa shape index (κ3) is 4.92. The summed E-state index contributed by atoms with van der Waals surface area (Å²) in [5.74, 6) is -0.610.